The number of carboxylic acids is 1. The number of amides is 3. The number of methoxy groups -OCH3 is 1. The highest BCUT2D eigenvalue weighted by molar-refractivity contribution is 5.99. The normalized spacial score (nSPS) is 17.0. The summed E-state index contributed by atoms with van der Waals surface area (Å²) in [7, 11) is 1.51. The third kappa shape index (κ3) is 9.89. The summed E-state index contributed by atoms with van der Waals surface area (Å²) in [4.78, 5) is 64.8. The SMILES string of the molecule is COc1ccc(C[C@H](NC(=O)[C@@H](CC(=O)O)NC(=O)OCc2ccccc2)C(=O)N[C@@H](Cc2ccccc2)C(=O)[C@]2(C)CO2)cc1. The molecule has 0 saturated carbocycles. The molecule has 4 atom stereocenters. The van der Waals surface area contributed by atoms with E-state index >= 15 is 0 Å². The molecular weight excluding hydrogens is 594 g/mol. The first-order valence-corrected chi connectivity index (χ1v) is 14.7. The number of benzene rings is 3. The van der Waals surface area contributed by atoms with E-state index in [0.29, 0.717) is 16.9 Å². The minimum atomic E-state index is -1.56. The van der Waals surface area contributed by atoms with Gasteiger partial charge in [0.25, 0.3) is 0 Å². The van der Waals surface area contributed by atoms with Crippen LogP contribution in [0.15, 0.2) is 84.9 Å². The topological polar surface area (TPSA) is 173 Å². The van der Waals surface area contributed by atoms with Crippen molar-refractivity contribution in [3.8, 4) is 5.75 Å². The number of aliphatic carboxylic acids is 1. The van der Waals surface area contributed by atoms with E-state index in [1.807, 2.05) is 30.3 Å². The smallest absolute Gasteiger partial charge is 0.408 e. The van der Waals surface area contributed by atoms with Gasteiger partial charge in [-0.15, -0.1) is 0 Å². The maximum Gasteiger partial charge on any atom is 0.408 e. The van der Waals surface area contributed by atoms with Crippen molar-refractivity contribution in [2.75, 3.05) is 13.7 Å². The van der Waals surface area contributed by atoms with Crippen LogP contribution < -0.4 is 20.7 Å². The predicted molar refractivity (Wildman–Crippen MR) is 166 cm³/mol. The van der Waals surface area contributed by atoms with E-state index in [9.17, 15) is 29.1 Å². The van der Waals surface area contributed by atoms with Crippen molar-refractivity contribution < 1.29 is 43.3 Å². The number of carbonyl (C=O) groups excluding carboxylic acids is 4. The van der Waals surface area contributed by atoms with Crippen LogP contribution in [-0.4, -0.2) is 72.2 Å². The summed E-state index contributed by atoms with van der Waals surface area (Å²) < 4.78 is 15.7. The van der Waals surface area contributed by atoms with Gasteiger partial charge in [0.05, 0.1) is 26.2 Å². The second-order valence-corrected chi connectivity index (χ2v) is 11.1. The second kappa shape index (κ2) is 15.7. The summed E-state index contributed by atoms with van der Waals surface area (Å²) in [6, 6.07) is 21.0. The van der Waals surface area contributed by atoms with Gasteiger partial charge in [0.15, 0.2) is 5.78 Å². The lowest BCUT2D eigenvalue weighted by Crippen LogP contribution is -2.57. The zero-order valence-electron chi connectivity index (χ0n) is 25.6. The van der Waals surface area contributed by atoms with Crippen LogP contribution in [0.1, 0.15) is 30.0 Å². The van der Waals surface area contributed by atoms with Crippen LogP contribution in [0.3, 0.4) is 0 Å². The lowest BCUT2D eigenvalue weighted by Gasteiger charge is -2.26. The van der Waals surface area contributed by atoms with E-state index in [0.717, 1.165) is 5.56 Å². The van der Waals surface area contributed by atoms with Gasteiger partial charge in [-0.25, -0.2) is 4.79 Å². The van der Waals surface area contributed by atoms with Crippen molar-refractivity contribution in [2.24, 2.45) is 0 Å². The quantitative estimate of drug-likeness (QED) is 0.173. The molecule has 3 amide bonds. The fourth-order valence-corrected chi connectivity index (χ4v) is 4.72. The van der Waals surface area contributed by atoms with Gasteiger partial charge >= 0.3 is 12.1 Å². The third-order valence-electron chi connectivity index (χ3n) is 7.45. The number of carboxylic acid groups (broad SMARTS) is 1. The standard InChI is InChI=1S/C34H37N3O9/c1-34(21-46-34)30(40)26(17-22-9-5-3-6-10-22)35-31(41)27(18-23-13-15-25(44-2)16-14-23)36-32(42)28(19-29(38)39)37-33(43)45-20-24-11-7-4-8-12-24/h3-16,26-28H,17-21H2,1-2H3,(H,35,41)(H,36,42)(H,37,43)(H,38,39)/t26-,27-,28+,34-/m0/s1. The van der Waals surface area contributed by atoms with Crippen LogP contribution in [0, 0.1) is 0 Å². The molecule has 1 heterocycles. The molecule has 0 spiro atoms. The number of carbonyl (C=O) groups is 5. The van der Waals surface area contributed by atoms with Gasteiger partial charge in [-0.1, -0.05) is 72.8 Å². The fourth-order valence-electron chi connectivity index (χ4n) is 4.72. The molecule has 1 aliphatic rings. The molecule has 1 aliphatic heterocycles. The zero-order chi connectivity index (χ0) is 33.1. The van der Waals surface area contributed by atoms with Crippen LogP contribution in [0.5, 0.6) is 5.75 Å². The Bertz CT molecular complexity index is 1510. The van der Waals surface area contributed by atoms with E-state index in [2.05, 4.69) is 16.0 Å². The first-order chi connectivity index (χ1) is 22.1. The molecule has 0 radical (unpaired) electrons. The molecule has 0 unspecified atom stereocenters. The van der Waals surface area contributed by atoms with Crippen LogP contribution in [-0.2, 0) is 48.1 Å². The summed E-state index contributed by atoms with van der Waals surface area (Å²) in [6.07, 6.45) is -1.61. The Labute approximate surface area is 266 Å². The summed E-state index contributed by atoms with van der Waals surface area (Å²) in [5, 5.41) is 17.1. The van der Waals surface area contributed by atoms with Gasteiger partial charge in [-0.05, 0) is 42.2 Å². The van der Waals surface area contributed by atoms with Gasteiger partial charge in [0, 0.05) is 6.42 Å². The summed E-state index contributed by atoms with van der Waals surface area (Å²) in [5.41, 5.74) is 1.12. The van der Waals surface area contributed by atoms with E-state index in [4.69, 9.17) is 14.2 Å². The van der Waals surface area contributed by atoms with E-state index < -0.39 is 54.0 Å². The first-order valence-electron chi connectivity index (χ1n) is 14.7. The van der Waals surface area contributed by atoms with Gasteiger partial charge in [-0.2, -0.15) is 0 Å². The van der Waals surface area contributed by atoms with Crippen molar-refractivity contribution in [2.45, 2.75) is 56.5 Å². The highest BCUT2D eigenvalue weighted by Gasteiger charge is 2.50. The van der Waals surface area contributed by atoms with Crippen LogP contribution in [0.25, 0.3) is 0 Å². The van der Waals surface area contributed by atoms with Gasteiger partial charge < -0.3 is 35.3 Å². The molecule has 0 aliphatic carbocycles. The molecular formula is C34H37N3O9. The number of epoxide rings is 1. The first kappa shape index (κ1) is 33.7. The molecule has 1 fully saturated rings. The fraction of sp³-hybridized carbons (Fsp3) is 0.324. The van der Waals surface area contributed by atoms with Crippen molar-refractivity contribution >= 4 is 29.7 Å². The Balaban J connectivity index is 1.52. The predicted octanol–water partition coefficient (Wildman–Crippen LogP) is 2.58. The number of nitrogens with one attached hydrogen (secondary N) is 3. The van der Waals surface area contributed by atoms with E-state index in [-0.39, 0.29) is 31.8 Å². The molecule has 0 aromatic heterocycles. The van der Waals surface area contributed by atoms with Gasteiger partial charge in [0.2, 0.25) is 11.8 Å². The average molecular weight is 632 g/mol. The molecule has 242 valence electrons. The molecule has 4 N–H and O–H groups in total. The summed E-state index contributed by atoms with van der Waals surface area (Å²) in [5.74, 6) is -2.68. The lowest BCUT2D eigenvalue weighted by molar-refractivity contribution is -0.140. The van der Waals surface area contributed by atoms with Crippen molar-refractivity contribution in [1.82, 2.24) is 16.0 Å². The minimum absolute atomic E-state index is 0.0141. The van der Waals surface area contributed by atoms with Crippen LogP contribution >= 0.6 is 0 Å². The highest BCUT2D eigenvalue weighted by atomic mass is 16.6. The molecule has 3 aromatic carbocycles. The Morgan fingerprint density at radius 2 is 1.28 bits per heavy atom. The summed E-state index contributed by atoms with van der Waals surface area (Å²) >= 11 is 0. The maximum absolute atomic E-state index is 13.8. The minimum Gasteiger partial charge on any atom is -0.497 e. The van der Waals surface area contributed by atoms with Crippen molar-refractivity contribution in [3.05, 3.63) is 102 Å². The van der Waals surface area contributed by atoms with E-state index in [1.165, 1.54) is 7.11 Å². The molecule has 4 rings (SSSR count). The van der Waals surface area contributed by atoms with E-state index in [1.54, 1.807) is 61.5 Å². The molecule has 1 saturated heterocycles. The number of alkyl carbamates (subject to hydrolysis) is 1. The molecule has 0 bridgehead atoms. The lowest BCUT2D eigenvalue weighted by atomic mass is 9.94. The Kier molecular flexibility index (Phi) is 11.5. The zero-order valence-corrected chi connectivity index (χ0v) is 25.6. The number of ether oxygens (including phenoxy) is 3. The number of hydrogen-bond acceptors (Lipinski definition) is 8. The highest BCUT2D eigenvalue weighted by Crippen LogP contribution is 2.29. The third-order valence-corrected chi connectivity index (χ3v) is 7.45. The number of ketones is 1. The molecule has 3 aromatic rings. The van der Waals surface area contributed by atoms with Gasteiger partial charge in [0.1, 0.15) is 30.0 Å². The molecule has 12 heteroatoms. The monoisotopic (exact) mass is 631 g/mol. The Morgan fingerprint density at radius 3 is 1.85 bits per heavy atom. The van der Waals surface area contributed by atoms with Crippen molar-refractivity contribution in [3.63, 3.8) is 0 Å². The number of hydrogen-bond donors (Lipinski definition) is 4. The molecule has 46 heavy (non-hydrogen) atoms. The largest absolute Gasteiger partial charge is 0.497 e. The average Bonchev–Trinajstić information content (AvgIpc) is 3.81. The second-order valence-electron chi connectivity index (χ2n) is 11.1. The van der Waals surface area contributed by atoms with Crippen LogP contribution in [0.2, 0.25) is 0 Å². The van der Waals surface area contributed by atoms with Crippen LogP contribution in [0.4, 0.5) is 4.79 Å². The maximum atomic E-state index is 13.8. The Morgan fingerprint density at radius 1 is 0.761 bits per heavy atom. The number of rotatable bonds is 16. The Hall–Kier alpha value is -5.23. The number of Topliss-reactive ketones (excluding diaryl/α,β-unsaturated/α-hetero) is 1. The molecule has 12 nitrogen and oxygen atoms in total. The summed E-state index contributed by atoms with van der Waals surface area (Å²) in [6.45, 7) is 1.77. The van der Waals surface area contributed by atoms with Crippen molar-refractivity contribution in [1.29, 1.82) is 0 Å². The van der Waals surface area contributed by atoms with Gasteiger partial charge in [-0.3, -0.25) is 19.2 Å².